The predicted molar refractivity (Wildman–Crippen MR) is 90.6 cm³/mol. The summed E-state index contributed by atoms with van der Waals surface area (Å²) in [5, 5.41) is 3.91. The number of amides is 1. The molecule has 1 unspecified atom stereocenters. The molecule has 2 rings (SSSR count). The van der Waals surface area contributed by atoms with Crippen molar-refractivity contribution in [3.05, 3.63) is 27.7 Å². The molecular formula is C14H19BrCl2N2O2. The van der Waals surface area contributed by atoms with Gasteiger partial charge in [0.05, 0.1) is 17.5 Å². The first-order valence-corrected chi connectivity index (χ1v) is 7.79. The first-order valence-electron chi connectivity index (χ1n) is 6.62. The Kier molecular flexibility index (Phi) is 7.81. The van der Waals surface area contributed by atoms with E-state index < -0.39 is 0 Å². The van der Waals surface area contributed by atoms with Gasteiger partial charge in [0.15, 0.2) is 0 Å². The second-order valence-corrected chi connectivity index (χ2v) is 6.12. The lowest BCUT2D eigenvalue weighted by Gasteiger charge is -2.23. The molecule has 0 aromatic heterocycles. The summed E-state index contributed by atoms with van der Waals surface area (Å²) >= 11 is 9.25. The van der Waals surface area contributed by atoms with Crippen LogP contribution in [0.2, 0.25) is 5.02 Å². The highest BCUT2D eigenvalue weighted by Gasteiger charge is 2.22. The van der Waals surface area contributed by atoms with Crippen molar-refractivity contribution in [2.75, 3.05) is 26.7 Å². The molecule has 1 fully saturated rings. The Balaban J connectivity index is 0.00000220. The van der Waals surface area contributed by atoms with Crippen molar-refractivity contribution < 1.29 is 9.53 Å². The Morgan fingerprint density at radius 2 is 2.33 bits per heavy atom. The van der Waals surface area contributed by atoms with Crippen LogP contribution in [0.15, 0.2) is 22.7 Å². The lowest BCUT2D eigenvalue weighted by Crippen LogP contribution is -2.38. The number of benzene rings is 1. The maximum absolute atomic E-state index is 12.0. The molecule has 1 heterocycles. The molecule has 1 aromatic carbocycles. The van der Waals surface area contributed by atoms with Crippen LogP contribution in [0.3, 0.4) is 0 Å². The monoisotopic (exact) mass is 396 g/mol. The topological polar surface area (TPSA) is 41.6 Å². The number of likely N-dealkylation sites (N-methyl/N-ethyl adjacent to an activating group) is 1. The highest BCUT2D eigenvalue weighted by molar-refractivity contribution is 9.10. The van der Waals surface area contributed by atoms with Crippen LogP contribution in [0.5, 0.6) is 5.75 Å². The molecule has 21 heavy (non-hydrogen) atoms. The fraction of sp³-hybridized carbons (Fsp3) is 0.500. The molecule has 1 amide bonds. The number of rotatable bonds is 5. The summed E-state index contributed by atoms with van der Waals surface area (Å²) in [6, 6.07) is 5.64. The van der Waals surface area contributed by atoms with Crippen molar-refractivity contribution >= 4 is 45.8 Å². The number of ether oxygens (including phenoxy) is 1. The van der Waals surface area contributed by atoms with Gasteiger partial charge in [-0.25, -0.2) is 0 Å². The maximum Gasteiger partial charge on any atom is 0.226 e. The van der Waals surface area contributed by atoms with E-state index in [1.165, 1.54) is 0 Å². The van der Waals surface area contributed by atoms with Crippen LogP contribution in [0.4, 0.5) is 0 Å². The van der Waals surface area contributed by atoms with Gasteiger partial charge >= 0.3 is 0 Å². The lowest BCUT2D eigenvalue weighted by molar-refractivity contribution is -0.132. The quantitative estimate of drug-likeness (QED) is 0.829. The minimum atomic E-state index is 0. The van der Waals surface area contributed by atoms with E-state index in [4.69, 9.17) is 16.3 Å². The van der Waals surface area contributed by atoms with Crippen molar-refractivity contribution in [1.82, 2.24) is 10.2 Å². The Hall–Kier alpha value is -0.490. The molecule has 1 saturated heterocycles. The molecule has 1 atom stereocenters. The number of hydrogen-bond acceptors (Lipinski definition) is 3. The Labute approximate surface area is 144 Å². The van der Waals surface area contributed by atoms with Gasteiger partial charge in [-0.2, -0.15) is 0 Å². The number of hydrogen-bond donors (Lipinski definition) is 1. The van der Waals surface area contributed by atoms with E-state index in [9.17, 15) is 4.79 Å². The molecule has 0 spiro atoms. The molecule has 1 aliphatic heterocycles. The highest BCUT2D eigenvalue weighted by Crippen LogP contribution is 2.28. The minimum Gasteiger partial charge on any atom is -0.492 e. The van der Waals surface area contributed by atoms with E-state index >= 15 is 0 Å². The van der Waals surface area contributed by atoms with Crippen LogP contribution in [-0.2, 0) is 4.79 Å². The van der Waals surface area contributed by atoms with Gasteiger partial charge in [0.25, 0.3) is 0 Å². The van der Waals surface area contributed by atoms with Gasteiger partial charge in [0, 0.05) is 24.7 Å². The molecule has 0 bridgehead atoms. The summed E-state index contributed by atoms with van der Waals surface area (Å²) in [7, 11) is 1.86. The first kappa shape index (κ1) is 18.6. The van der Waals surface area contributed by atoms with Crippen LogP contribution >= 0.6 is 39.9 Å². The van der Waals surface area contributed by atoms with Gasteiger partial charge < -0.3 is 15.0 Å². The third-order valence-electron chi connectivity index (χ3n) is 3.44. The molecule has 118 valence electrons. The number of halogens is 3. The zero-order valence-corrected chi connectivity index (χ0v) is 14.9. The molecule has 7 heteroatoms. The number of nitrogens with zero attached hydrogens (tertiary/aromatic N) is 1. The zero-order valence-electron chi connectivity index (χ0n) is 11.8. The van der Waals surface area contributed by atoms with E-state index in [0.717, 1.165) is 24.0 Å². The predicted octanol–water partition coefficient (Wildman–Crippen LogP) is 3.11. The molecule has 4 nitrogen and oxygen atoms in total. The van der Waals surface area contributed by atoms with Gasteiger partial charge in [0.1, 0.15) is 5.75 Å². The summed E-state index contributed by atoms with van der Waals surface area (Å²) in [5.41, 5.74) is 0. The van der Waals surface area contributed by atoms with Crippen molar-refractivity contribution in [1.29, 1.82) is 0 Å². The molecular weight excluding hydrogens is 379 g/mol. The highest BCUT2D eigenvalue weighted by atomic mass is 79.9. The third-order valence-corrected chi connectivity index (χ3v) is 4.30. The summed E-state index contributed by atoms with van der Waals surface area (Å²) in [6.07, 6.45) is 1.40. The van der Waals surface area contributed by atoms with Crippen molar-refractivity contribution in [3.8, 4) is 5.75 Å². The molecule has 1 aliphatic rings. The van der Waals surface area contributed by atoms with Gasteiger partial charge in [-0.05, 0) is 47.1 Å². The largest absolute Gasteiger partial charge is 0.492 e. The Morgan fingerprint density at radius 1 is 1.57 bits per heavy atom. The van der Waals surface area contributed by atoms with Crippen LogP contribution < -0.4 is 10.1 Å². The number of carbonyl (C=O) groups excluding carboxylic acids is 1. The Bertz CT molecular complexity index is 482. The second-order valence-electron chi connectivity index (χ2n) is 4.82. The smallest absolute Gasteiger partial charge is 0.226 e. The van der Waals surface area contributed by atoms with Crippen molar-refractivity contribution in [3.63, 3.8) is 0 Å². The normalized spacial score (nSPS) is 17.2. The fourth-order valence-corrected chi connectivity index (χ4v) is 2.99. The van der Waals surface area contributed by atoms with Crippen molar-refractivity contribution in [2.24, 2.45) is 0 Å². The summed E-state index contributed by atoms with van der Waals surface area (Å²) in [4.78, 5) is 13.9. The first-order chi connectivity index (χ1) is 9.58. The van der Waals surface area contributed by atoms with Gasteiger partial charge in [-0.3, -0.25) is 4.79 Å². The Morgan fingerprint density at radius 3 is 2.95 bits per heavy atom. The second kappa shape index (κ2) is 8.83. The van der Waals surface area contributed by atoms with E-state index in [2.05, 4.69) is 21.2 Å². The average molecular weight is 398 g/mol. The summed E-state index contributed by atoms with van der Waals surface area (Å²) in [5.74, 6) is 0.816. The van der Waals surface area contributed by atoms with E-state index in [1.807, 2.05) is 11.9 Å². The number of nitrogens with one attached hydrogen (secondary N) is 1. The zero-order chi connectivity index (χ0) is 14.5. The molecule has 0 aliphatic carbocycles. The fourth-order valence-electron chi connectivity index (χ4n) is 2.19. The van der Waals surface area contributed by atoms with Crippen molar-refractivity contribution in [2.45, 2.75) is 18.9 Å². The van der Waals surface area contributed by atoms with Gasteiger partial charge in [-0.1, -0.05) is 11.6 Å². The van der Waals surface area contributed by atoms with Gasteiger partial charge in [0.2, 0.25) is 5.91 Å². The summed E-state index contributed by atoms with van der Waals surface area (Å²) < 4.78 is 6.40. The minimum absolute atomic E-state index is 0. The van der Waals surface area contributed by atoms with Crippen LogP contribution in [0.1, 0.15) is 12.8 Å². The molecule has 1 aromatic rings. The average Bonchev–Trinajstić information content (AvgIpc) is 2.94. The van der Waals surface area contributed by atoms with Crippen LogP contribution in [0.25, 0.3) is 0 Å². The SMILES string of the molecule is CN(C(=O)CCOc1ccc(Cl)cc1Br)C1CCNC1.Cl. The van der Waals surface area contributed by atoms with E-state index in [0.29, 0.717) is 29.8 Å². The summed E-state index contributed by atoms with van der Waals surface area (Å²) in [6.45, 7) is 2.23. The van der Waals surface area contributed by atoms with Crippen LogP contribution in [-0.4, -0.2) is 43.6 Å². The van der Waals surface area contributed by atoms with Crippen LogP contribution in [0, 0.1) is 0 Å². The lowest BCUT2D eigenvalue weighted by atomic mass is 10.2. The number of carbonyl (C=O) groups is 1. The molecule has 0 saturated carbocycles. The maximum atomic E-state index is 12.0. The molecule has 1 N–H and O–H groups in total. The third kappa shape index (κ3) is 5.33. The van der Waals surface area contributed by atoms with E-state index in [-0.39, 0.29) is 18.3 Å². The van der Waals surface area contributed by atoms with Gasteiger partial charge in [-0.15, -0.1) is 12.4 Å². The standard InChI is InChI=1S/C14H18BrClN2O2.ClH/c1-18(11-4-6-17-9-11)14(19)5-7-20-13-3-2-10(16)8-12(13)15;/h2-3,8,11,17H,4-7,9H2,1H3;1H. The molecule has 0 radical (unpaired) electrons. The van der Waals surface area contributed by atoms with E-state index in [1.54, 1.807) is 18.2 Å².